The first-order valence-electron chi connectivity index (χ1n) is 6.70. The highest BCUT2D eigenvalue weighted by atomic mass is 32.2. The molecule has 4 unspecified atom stereocenters. The van der Waals surface area contributed by atoms with Gasteiger partial charge in [0.2, 0.25) is 0 Å². The molecule has 2 aliphatic rings. The number of rotatable bonds is 5. The summed E-state index contributed by atoms with van der Waals surface area (Å²) in [6.07, 6.45) is -3.53. The average Bonchev–Trinajstić information content (AvgIpc) is 3.27. The molecule has 10 heteroatoms. The van der Waals surface area contributed by atoms with Gasteiger partial charge in [0.05, 0.1) is 13.2 Å². The highest BCUT2D eigenvalue weighted by Gasteiger charge is 2.59. The van der Waals surface area contributed by atoms with Crippen LogP contribution in [-0.4, -0.2) is 45.1 Å². The Bertz CT molecular complexity index is 647. The van der Waals surface area contributed by atoms with E-state index in [-0.39, 0.29) is 13.2 Å². The second kappa shape index (κ2) is 6.02. The van der Waals surface area contributed by atoms with E-state index in [2.05, 4.69) is 4.18 Å². The van der Waals surface area contributed by atoms with E-state index < -0.39 is 40.2 Å². The number of ether oxygens (including phenoxy) is 3. The molecular weight excluding hydrogens is 341 g/mol. The molecule has 0 radical (unpaired) electrons. The van der Waals surface area contributed by atoms with Crippen LogP contribution in [0.3, 0.4) is 0 Å². The summed E-state index contributed by atoms with van der Waals surface area (Å²) in [6, 6.07) is 9.21. The summed E-state index contributed by atoms with van der Waals surface area (Å²) in [7, 11) is -5.68. The molecule has 0 spiro atoms. The van der Waals surface area contributed by atoms with Crippen molar-refractivity contribution in [3.05, 3.63) is 35.9 Å². The maximum Gasteiger partial charge on any atom is 0.523 e. The lowest BCUT2D eigenvalue weighted by Gasteiger charge is -2.25. The molecule has 0 saturated carbocycles. The molecular formula is C13H13F3O6S. The van der Waals surface area contributed by atoms with E-state index >= 15 is 0 Å². The highest BCUT2D eigenvalue weighted by molar-refractivity contribution is 7.87. The summed E-state index contributed by atoms with van der Waals surface area (Å²) in [5, 5.41) is 0. The van der Waals surface area contributed by atoms with Gasteiger partial charge in [-0.1, -0.05) is 30.3 Å². The second-order valence-electron chi connectivity index (χ2n) is 5.10. The van der Waals surface area contributed by atoms with E-state index in [4.69, 9.17) is 14.2 Å². The Morgan fingerprint density at radius 2 is 1.87 bits per heavy atom. The number of benzene rings is 1. The molecule has 0 bridgehead atoms. The van der Waals surface area contributed by atoms with Crippen molar-refractivity contribution in [1.29, 1.82) is 0 Å². The minimum atomic E-state index is -5.68. The first-order chi connectivity index (χ1) is 10.8. The van der Waals surface area contributed by atoms with Crippen molar-refractivity contribution in [2.45, 2.75) is 36.7 Å². The fraction of sp³-hybridized carbons (Fsp3) is 0.538. The van der Waals surface area contributed by atoms with Gasteiger partial charge in [-0.25, -0.2) is 0 Å². The Hall–Kier alpha value is -1.20. The Morgan fingerprint density at radius 1 is 1.17 bits per heavy atom. The Labute approximate surface area is 130 Å². The van der Waals surface area contributed by atoms with Crippen LogP contribution in [0.2, 0.25) is 0 Å². The number of epoxide rings is 1. The third-order valence-electron chi connectivity index (χ3n) is 3.41. The van der Waals surface area contributed by atoms with Gasteiger partial charge in [0.1, 0.15) is 18.3 Å². The second-order valence-corrected chi connectivity index (χ2v) is 6.66. The molecule has 0 aliphatic carbocycles. The van der Waals surface area contributed by atoms with Crippen molar-refractivity contribution in [3.63, 3.8) is 0 Å². The van der Waals surface area contributed by atoms with Crippen molar-refractivity contribution in [2.24, 2.45) is 0 Å². The van der Waals surface area contributed by atoms with E-state index in [0.29, 0.717) is 0 Å². The number of halogens is 3. The van der Waals surface area contributed by atoms with Crippen LogP contribution in [0.5, 0.6) is 0 Å². The Kier molecular flexibility index (Phi) is 4.36. The van der Waals surface area contributed by atoms with E-state index in [0.717, 1.165) is 5.56 Å². The van der Waals surface area contributed by atoms with Gasteiger partial charge < -0.3 is 14.2 Å². The van der Waals surface area contributed by atoms with E-state index in [1.807, 2.05) is 30.3 Å². The summed E-state index contributed by atoms with van der Waals surface area (Å²) in [4.78, 5) is 0. The molecule has 1 aromatic carbocycles. The van der Waals surface area contributed by atoms with Gasteiger partial charge in [-0.15, -0.1) is 0 Å². The fourth-order valence-electron chi connectivity index (χ4n) is 2.23. The van der Waals surface area contributed by atoms with Gasteiger partial charge in [-0.3, -0.25) is 4.18 Å². The third kappa shape index (κ3) is 3.66. The largest absolute Gasteiger partial charge is 0.523 e. The average molecular weight is 354 g/mol. The van der Waals surface area contributed by atoms with Gasteiger partial charge in [-0.05, 0) is 5.56 Å². The van der Waals surface area contributed by atoms with Crippen LogP contribution in [0, 0.1) is 0 Å². The van der Waals surface area contributed by atoms with Crippen LogP contribution < -0.4 is 0 Å². The monoisotopic (exact) mass is 354 g/mol. The first-order valence-corrected chi connectivity index (χ1v) is 8.11. The zero-order chi connectivity index (χ0) is 16.7. The molecule has 0 N–H and O–H groups in total. The molecule has 0 amide bonds. The third-order valence-corrected chi connectivity index (χ3v) is 4.48. The fourth-order valence-corrected chi connectivity index (χ4v) is 2.83. The lowest BCUT2D eigenvalue weighted by atomic mass is 10.1. The molecule has 3 rings (SSSR count). The van der Waals surface area contributed by atoms with Crippen molar-refractivity contribution in [2.75, 3.05) is 6.61 Å². The quantitative estimate of drug-likeness (QED) is 0.454. The van der Waals surface area contributed by atoms with Gasteiger partial charge in [-0.2, -0.15) is 21.6 Å². The van der Waals surface area contributed by atoms with Gasteiger partial charge in [0.15, 0.2) is 6.29 Å². The smallest absolute Gasteiger partial charge is 0.361 e. The standard InChI is InChI=1S/C13H13F3O6S/c14-13(15,16)23(17,18)22-9-7-20-12(11-10(9)21-11)19-6-8-4-2-1-3-5-8/h1-5,9-12H,6-7H2. The van der Waals surface area contributed by atoms with Crippen molar-refractivity contribution < 1.29 is 40.0 Å². The van der Waals surface area contributed by atoms with Crippen LogP contribution in [0.4, 0.5) is 13.2 Å². The zero-order valence-corrected chi connectivity index (χ0v) is 12.4. The number of hydrogen-bond donors (Lipinski definition) is 0. The molecule has 6 nitrogen and oxygen atoms in total. The Morgan fingerprint density at radius 3 is 2.52 bits per heavy atom. The molecule has 2 aliphatic heterocycles. The number of alkyl halides is 3. The van der Waals surface area contributed by atoms with Crippen molar-refractivity contribution >= 4 is 10.1 Å². The van der Waals surface area contributed by atoms with Gasteiger partial charge in [0, 0.05) is 0 Å². The highest BCUT2D eigenvalue weighted by Crippen LogP contribution is 2.39. The molecule has 1 aromatic rings. The lowest BCUT2D eigenvalue weighted by Crippen LogP contribution is -2.43. The predicted octanol–water partition coefficient (Wildman–Crippen LogP) is 1.56. The topological polar surface area (TPSA) is 74.4 Å². The lowest BCUT2D eigenvalue weighted by molar-refractivity contribution is -0.180. The molecule has 128 valence electrons. The number of fused-ring (bicyclic) bond motifs is 1. The molecule has 4 atom stereocenters. The molecule has 2 saturated heterocycles. The minimum Gasteiger partial charge on any atom is -0.361 e. The Balaban J connectivity index is 1.53. The maximum absolute atomic E-state index is 12.3. The van der Waals surface area contributed by atoms with Crippen LogP contribution in [0.15, 0.2) is 30.3 Å². The predicted molar refractivity (Wildman–Crippen MR) is 69.5 cm³/mol. The zero-order valence-electron chi connectivity index (χ0n) is 11.6. The first kappa shape index (κ1) is 16.7. The van der Waals surface area contributed by atoms with Crippen molar-refractivity contribution in [1.82, 2.24) is 0 Å². The minimum absolute atomic E-state index is 0.241. The number of hydrogen-bond acceptors (Lipinski definition) is 6. The van der Waals surface area contributed by atoms with Crippen LogP contribution in [-0.2, 0) is 35.1 Å². The summed E-state index contributed by atoms with van der Waals surface area (Å²) >= 11 is 0. The van der Waals surface area contributed by atoms with E-state index in [1.54, 1.807) is 0 Å². The maximum atomic E-state index is 12.3. The summed E-state index contributed by atoms with van der Waals surface area (Å²) in [5.41, 5.74) is -4.58. The summed E-state index contributed by atoms with van der Waals surface area (Å²) in [5.74, 6) is 0. The van der Waals surface area contributed by atoms with Gasteiger partial charge in [0.25, 0.3) is 0 Å². The van der Waals surface area contributed by atoms with E-state index in [1.165, 1.54) is 0 Å². The van der Waals surface area contributed by atoms with Gasteiger partial charge >= 0.3 is 15.6 Å². The molecule has 0 aromatic heterocycles. The SMILES string of the molecule is O=S(=O)(OC1COC(OCc2ccccc2)C2OC12)C(F)(F)F. The molecule has 23 heavy (non-hydrogen) atoms. The molecule has 2 heterocycles. The normalized spacial score (nSPS) is 30.7. The van der Waals surface area contributed by atoms with Crippen LogP contribution in [0.25, 0.3) is 0 Å². The summed E-state index contributed by atoms with van der Waals surface area (Å²) in [6.45, 7) is -0.125. The van der Waals surface area contributed by atoms with E-state index in [9.17, 15) is 21.6 Å². The molecule has 2 fully saturated rings. The summed E-state index contributed by atoms with van der Waals surface area (Å²) < 4.78 is 78.9. The van der Waals surface area contributed by atoms with Crippen LogP contribution >= 0.6 is 0 Å². The van der Waals surface area contributed by atoms with Crippen molar-refractivity contribution in [3.8, 4) is 0 Å². The van der Waals surface area contributed by atoms with Crippen LogP contribution in [0.1, 0.15) is 5.56 Å².